The minimum absolute atomic E-state index is 0.972. The minimum atomic E-state index is 0.972. The molecule has 0 aromatic carbocycles. The fourth-order valence-corrected chi connectivity index (χ4v) is 1.41. The summed E-state index contributed by atoms with van der Waals surface area (Å²) in [7, 11) is 0. The summed E-state index contributed by atoms with van der Waals surface area (Å²) in [5, 5.41) is 7.64. The zero-order valence-corrected chi connectivity index (χ0v) is 9.29. The van der Waals surface area contributed by atoms with Gasteiger partial charge in [-0.15, -0.1) is 0 Å². The van der Waals surface area contributed by atoms with E-state index in [0.29, 0.717) is 0 Å². The summed E-state index contributed by atoms with van der Waals surface area (Å²) >= 11 is 0. The van der Waals surface area contributed by atoms with E-state index in [9.17, 15) is 0 Å². The monoisotopic (exact) mass is 195 g/mol. The molecule has 3 nitrogen and oxygen atoms in total. The Morgan fingerprint density at radius 1 is 1.36 bits per heavy atom. The lowest BCUT2D eigenvalue weighted by Crippen LogP contribution is -2.21. The lowest BCUT2D eigenvalue weighted by molar-refractivity contribution is 0.539. The van der Waals surface area contributed by atoms with E-state index in [1.165, 1.54) is 24.8 Å². The van der Waals surface area contributed by atoms with Crippen LogP contribution >= 0.6 is 0 Å². The van der Waals surface area contributed by atoms with Crippen LogP contribution in [0.25, 0.3) is 0 Å². The molecule has 3 heteroatoms. The maximum atomic E-state index is 4.23. The molecule has 0 amide bonds. The van der Waals surface area contributed by atoms with Crippen LogP contribution < -0.4 is 5.32 Å². The van der Waals surface area contributed by atoms with Crippen molar-refractivity contribution in [2.45, 2.75) is 39.7 Å². The average Bonchev–Trinajstić information content (AvgIpc) is 2.58. The Morgan fingerprint density at radius 3 is 2.86 bits per heavy atom. The molecule has 0 unspecified atom stereocenters. The number of hydrogen-bond acceptors (Lipinski definition) is 2. The number of rotatable bonds is 7. The van der Waals surface area contributed by atoms with E-state index >= 15 is 0 Å². The van der Waals surface area contributed by atoms with E-state index in [2.05, 4.69) is 30.5 Å². The van der Waals surface area contributed by atoms with Crippen LogP contribution in [0.3, 0.4) is 0 Å². The van der Waals surface area contributed by atoms with Crippen molar-refractivity contribution < 1.29 is 0 Å². The smallest absolute Gasteiger partial charge is 0.0534 e. The molecular formula is C11H21N3. The second-order valence-corrected chi connectivity index (χ2v) is 3.74. The Bertz CT molecular complexity index is 242. The van der Waals surface area contributed by atoms with Gasteiger partial charge >= 0.3 is 0 Å². The van der Waals surface area contributed by atoms with Gasteiger partial charge in [-0.1, -0.05) is 19.8 Å². The van der Waals surface area contributed by atoms with Crippen molar-refractivity contribution in [3.8, 4) is 0 Å². The molecule has 1 heterocycles. The maximum Gasteiger partial charge on any atom is 0.0534 e. The molecule has 1 aromatic heterocycles. The van der Waals surface area contributed by atoms with Crippen molar-refractivity contribution in [1.82, 2.24) is 15.1 Å². The molecule has 0 radical (unpaired) electrons. The molecule has 1 rings (SSSR count). The average molecular weight is 195 g/mol. The van der Waals surface area contributed by atoms with Crippen LogP contribution in [-0.4, -0.2) is 22.9 Å². The number of aromatic nitrogens is 2. The summed E-state index contributed by atoms with van der Waals surface area (Å²) < 4.78 is 1.99. The van der Waals surface area contributed by atoms with Gasteiger partial charge in [0, 0.05) is 12.7 Å². The van der Waals surface area contributed by atoms with E-state index in [0.717, 1.165) is 19.6 Å². The summed E-state index contributed by atoms with van der Waals surface area (Å²) in [6.45, 7) is 7.42. The van der Waals surface area contributed by atoms with Gasteiger partial charge in [0.15, 0.2) is 0 Å². The molecule has 0 aliphatic heterocycles. The SMILES string of the molecule is CCCCCNCCn1cc(C)cn1. The topological polar surface area (TPSA) is 29.9 Å². The predicted molar refractivity (Wildman–Crippen MR) is 59.4 cm³/mol. The molecule has 0 spiro atoms. The minimum Gasteiger partial charge on any atom is -0.315 e. The quantitative estimate of drug-likeness (QED) is 0.674. The number of unbranched alkanes of at least 4 members (excludes halogenated alkanes) is 2. The molecule has 1 aromatic rings. The first kappa shape index (κ1) is 11.2. The fourth-order valence-electron chi connectivity index (χ4n) is 1.41. The van der Waals surface area contributed by atoms with Crippen molar-refractivity contribution in [2.24, 2.45) is 0 Å². The molecule has 80 valence electrons. The van der Waals surface area contributed by atoms with Crippen LogP contribution in [0, 0.1) is 6.92 Å². The summed E-state index contributed by atoms with van der Waals surface area (Å²) in [5.41, 5.74) is 1.23. The van der Waals surface area contributed by atoms with Crippen molar-refractivity contribution in [3.63, 3.8) is 0 Å². The Labute approximate surface area is 86.5 Å². The second-order valence-electron chi connectivity index (χ2n) is 3.74. The first-order valence-corrected chi connectivity index (χ1v) is 5.52. The summed E-state index contributed by atoms with van der Waals surface area (Å²) in [6, 6.07) is 0. The number of nitrogens with one attached hydrogen (secondary N) is 1. The third-order valence-corrected chi connectivity index (χ3v) is 2.24. The Hall–Kier alpha value is -0.830. The first-order valence-electron chi connectivity index (χ1n) is 5.52. The Morgan fingerprint density at radius 2 is 2.21 bits per heavy atom. The molecule has 0 saturated heterocycles. The summed E-state index contributed by atoms with van der Waals surface area (Å²) in [4.78, 5) is 0. The van der Waals surface area contributed by atoms with Gasteiger partial charge in [0.25, 0.3) is 0 Å². The van der Waals surface area contributed by atoms with Gasteiger partial charge in [-0.25, -0.2) is 0 Å². The summed E-state index contributed by atoms with van der Waals surface area (Å²) in [5.74, 6) is 0. The molecule has 0 saturated carbocycles. The van der Waals surface area contributed by atoms with Crippen LogP contribution in [-0.2, 0) is 6.54 Å². The molecule has 1 N–H and O–H groups in total. The van der Waals surface area contributed by atoms with Gasteiger partial charge in [0.05, 0.1) is 12.7 Å². The first-order chi connectivity index (χ1) is 6.83. The highest BCUT2D eigenvalue weighted by molar-refractivity contribution is 4.99. The summed E-state index contributed by atoms with van der Waals surface area (Å²) in [6.07, 6.45) is 7.88. The number of hydrogen-bond donors (Lipinski definition) is 1. The highest BCUT2D eigenvalue weighted by atomic mass is 15.3. The Kier molecular flexibility index (Phi) is 5.30. The van der Waals surface area contributed by atoms with E-state index in [1.807, 2.05) is 10.9 Å². The molecule has 0 aliphatic carbocycles. The lowest BCUT2D eigenvalue weighted by atomic mass is 10.2. The van der Waals surface area contributed by atoms with Crippen molar-refractivity contribution in [1.29, 1.82) is 0 Å². The highest BCUT2D eigenvalue weighted by Crippen LogP contribution is 1.93. The predicted octanol–water partition coefficient (Wildman–Crippen LogP) is 1.97. The van der Waals surface area contributed by atoms with E-state index in [-0.39, 0.29) is 0 Å². The van der Waals surface area contributed by atoms with E-state index < -0.39 is 0 Å². The Balaban J connectivity index is 1.99. The zero-order chi connectivity index (χ0) is 10.2. The lowest BCUT2D eigenvalue weighted by Gasteiger charge is -2.03. The normalized spacial score (nSPS) is 10.7. The number of nitrogens with zero attached hydrogens (tertiary/aromatic N) is 2. The van der Waals surface area contributed by atoms with Gasteiger partial charge in [0.2, 0.25) is 0 Å². The molecular weight excluding hydrogens is 174 g/mol. The van der Waals surface area contributed by atoms with Crippen LogP contribution in [0.5, 0.6) is 0 Å². The van der Waals surface area contributed by atoms with Crippen molar-refractivity contribution >= 4 is 0 Å². The second kappa shape index (κ2) is 6.60. The van der Waals surface area contributed by atoms with Crippen molar-refractivity contribution in [3.05, 3.63) is 18.0 Å². The molecule has 0 aliphatic rings. The molecule has 0 atom stereocenters. The molecule has 0 bridgehead atoms. The number of aryl methyl sites for hydroxylation is 1. The van der Waals surface area contributed by atoms with Crippen LogP contribution in [0.1, 0.15) is 31.7 Å². The van der Waals surface area contributed by atoms with Gasteiger partial charge in [-0.3, -0.25) is 4.68 Å². The van der Waals surface area contributed by atoms with E-state index in [1.54, 1.807) is 0 Å². The standard InChI is InChI=1S/C11H21N3/c1-3-4-5-6-12-7-8-14-10-11(2)9-13-14/h9-10,12H,3-8H2,1-2H3. The third-order valence-electron chi connectivity index (χ3n) is 2.24. The zero-order valence-electron chi connectivity index (χ0n) is 9.29. The van der Waals surface area contributed by atoms with Gasteiger partial charge in [-0.2, -0.15) is 5.10 Å². The maximum absolute atomic E-state index is 4.23. The van der Waals surface area contributed by atoms with Crippen LogP contribution in [0.4, 0.5) is 0 Å². The van der Waals surface area contributed by atoms with Gasteiger partial charge in [0.1, 0.15) is 0 Å². The highest BCUT2D eigenvalue weighted by Gasteiger charge is 1.93. The largest absolute Gasteiger partial charge is 0.315 e. The van der Waals surface area contributed by atoms with Gasteiger partial charge in [-0.05, 0) is 25.5 Å². The fraction of sp³-hybridized carbons (Fsp3) is 0.727. The van der Waals surface area contributed by atoms with Crippen LogP contribution in [0.2, 0.25) is 0 Å². The molecule has 14 heavy (non-hydrogen) atoms. The van der Waals surface area contributed by atoms with E-state index in [4.69, 9.17) is 0 Å². The third kappa shape index (κ3) is 4.42. The molecule has 0 fully saturated rings. The van der Waals surface area contributed by atoms with Crippen molar-refractivity contribution in [2.75, 3.05) is 13.1 Å². The van der Waals surface area contributed by atoms with Gasteiger partial charge < -0.3 is 5.32 Å². The van der Waals surface area contributed by atoms with Crippen LogP contribution in [0.15, 0.2) is 12.4 Å².